The summed E-state index contributed by atoms with van der Waals surface area (Å²) in [7, 11) is 0. The Morgan fingerprint density at radius 2 is 2.18 bits per heavy atom. The molecule has 0 saturated carbocycles. The molecular formula is C13H13NO2S. The molecule has 0 unspecified atom stereocenters. The quantitative estimate of drug-likeness (QED) is 0.906. The molecule has 4 heteroatoms. The fourth-order valence-corrected chi connectivity index (χ4v) is 2.69. The zero-order valence-electron chi connectivity index (χ0n) is 9.73. The molecule has 2 rings (SSSR count). The van der Waals surface area contributed by atoms with E-state index in [0.717, 1.165) is 26.7 Å². The molecule has 0 bridgehead atoms. The van der Waals surface area contributed by atoms with E-state index in [9.17, 15) is 4.79 Å². The molecule has 0 aliphatic heterocycles. The van der Waals surface area contributed by atoms with E-state index >= 15 is 0 Å². The summed E-state index contributed by atoms with van der Waals surface area (Å²) in [4.78, 5) is 16.1. The lowest BCUT2D eigenvalue weighted by atomic mass is 10.1. The summed E-state index contributed by atoms with van der Waals surface area (Å²) in [6.45, 7) is 3.91. The van der Waals surface area contributed by atoms with E-state index < -0.39 is 5.97 Å². The average molecular weight is 247 g/mol. The van der Waals surface area contributed by atoms with Crippen LogP contribution in [0.4, 0.5) is 0 Å². The second-order valence-corrected chi connectivity index (χ2v) is 5.23. The van der Waals surface area contributed by atoms with Crippen molar-refractivity contribution in [1.82, 2.24) is 4.98 Å². The molecule has 0 amide bonds. The SMILES string of the molecule is Cc1cccc(-c2nc(C)sc2CC(=O)O)c1. The number of carbonyl (C=O) groups is 1. The van der Waals surface area contributed by atoms with Crippen LogP contribution in [0.15, 0.2) is 24.3 Å². The van der Waals surface area contributed by atoms with Crippen LogP contribution in [0.5, 0.6) is 0 Å². The largest absolute Gasteiger partial charge is 0.481 e. The third-order valence-corrected chi connectivity index (χ3v) is 3.38. The van der Waals surface area contributed by atoms with Gasteiger partial charge in [-0.3, -0.25) is 4.79 Å². The molecule has 0 aliphatic rings. The first kappa shape index (κ1) is 11.8. The number of benzene rings is 1. The second-order valence-electron chi connectivity index (χ2n) is 3.94. The van der Waals surface area contributed by atoms with Gasteiger partial charge in [-0.05, 0) is 19.9 Å². The van der Waals surface area contributed by atoms with Gasteiger partial charge in [0, 0.05) is 10.4 Å². The van der Waals surface area contributed by atoms with Gasteiger partial charge >= 0.3 is 5.97 Å². The normalized spacial score (nSPS) is 10.5. The Labute approximate surface area is 104 Å². The van der Waals surface area contributed by atoms with Crippen molar-refractivity contribution in [1.29, 1.82) is 0 Å². The lowest BCUT2D eigenvalue weighted by Crippen LogP contribution is -1.99. The number of thiazole rings is 1. The second kappa shape index (κ2) is 4.67. The van der Waals surface area contributed by atoms with Crippen molar-refractivity contribution in [3.8, 4) is 11.3 Å². The first-order valence-electron chi connectivity index (χ1n) is 5.31. The number of hydrogen-bond acceptors (Lipinski definition) is 3. The van der Waals surface area contributed by atoms with Gasteiger partial charge in [0.05, 0.1) is 17.1 Å². The summed E-state index contributed by atoms with van der Waals surface area (Å²) >= 11 is 1.45. The van der Waals surface area contributed by atoms with Gasteiger partial charge in [0.25, 0.3) is 0 Å². The number of nitrogens with zero attached hydrogens (tertiary/aromatic N) is 1. The van der Waals surface area contributed by atoms with Crippen molar-refractivity contribution in [2.24, 2.45) is 0 Å². The van der Waals surface area contributed by atoms with Gasteiger partial charge in [-0.15, -0.1) is 11.3 Å². The number of carboxylic acid groups (broad SMARTS) is 1. The third kappa shape index (κ3) is 2.71. The van der Waals surface area contributed by atoms with Crippen molar-refractivity contribution in [2.45, 2.75) is 20.3 Å². The molecule has 0 radical (unpaired) electrons. The smallest absolute Gasteiger partial charge is 0.308 e. The van der Waals surface area contributed by atoms with E-state index in [1.807, 2.05) is 38.1 Å². The minimum absolute atomic E-state index is 0.0365. The molecule has 88 valence electrons. The molecule has 3 nitrogen and oxygen atoms in total. The first-order valence-corrected chi connectivity index (χ1v) is 6.13. The predicted octanol–water partition coefficient (Wildman–Crippen LogP) is 3.05. The minimum atomic E-state index is -0.817. The van der Waals surface area contributed by atoms with Crippen molar-refractivity contribution >= 4 is 17.3 Å². The molecule has 1 heterocycles. The maximum atomic E-state index is 10.8. The Kier molecular flexibility index (Phi) is 3.24. The highest BCUT2D eigenvalue weighted by molar-refractivity contribution is 7.12. The topological polar surface area (TPSA) is 50.2 Å². The summed E-state index contributed by atoms with van der Waals surface area (Å²) in [5.41, 5.74) is 2.94. The fourth-order valence-electron chi connectivity index (χ4n) is 1.74. The van der Waals surface area contributed by atoms with Crippen molar-refractivity contribution in [3.05, 3.63) is 39.7 Å². The molecule has 0 atom stereocenters. The summed E-state index contributed by atoms with van der Waals surface area (Å²) in [6, 6.07) is 7.97. The fraction of sp³-hybridized carbons (Fsp3) is 0.231. The van der Waals surface area contributed by atoms with Crippen LogP contribution in [-0.2, 0) is 11.2 Å². The van der Waals surface area contributed by atoms with Crippen molar-refractivity contribution in [3.63, 3.8) is 0 Å². The molecule has 0 fully saturated rings. The predicted molar refractivity (Wildman–Crippen MR) is 68.4 cm³/mol. The molecule has 0 saturated heterocycles. The van der Waals surface area contributed by atoms with Crippen LogP contribution in [0.25, 0.3) is 11.3 Å². The van der Waals surface area contributed by atoms with Gasteiger partial charge in [0.15, 0.2) is 0 Å². The van der Waals surface area contributed by atoms with Gasteiger partial charge < -0.3 is 5.11 Å². The Balaban J connectivity index is 2.47. The zero-order chi connectivity index (χ0) is 12.4. The number of aliphatic carboxylic acids is 1. The standard InChI is InChI=1S/C13H13NO2S/c1-8-4-3-5-10(6-8)13-11(7-12(15)16)17-9(2)14-13/h3-6H,7H2,1-2H3,(H,15,16). The maximum Gasteiger partial charge on any atom is 0.308 e. The molecule has 1 aromatic heterocycles. The monoisotopic (exact) mass is 247 g/mol. The first-order chi connectivity index (χ1) is 8.06. The average Bonchev–Trinajstić information content (AvgIpc) is 2.58. The summed E-state index contributed by atoms with van der Waals surface area (Å²) in [6.07, 6.45) is 0.0365. The molecule has 1 N–H and O–H groups in total. The lowest BCUT2D eigenvalue weighted by molar-refractivity contribution is -0.136. The Hall–Kier alpha value is -1.68. The van der Waals surface area contributed by atoms with Gasteiger partial charge in [0.2, 0.25) is 0 Å². The molecule has 2 aromatic rings. The highest BCUT2D eigenvalue weighted by atomic mass is 32.1. The van der Waals surface area contributed by atoms with Crippen LogP contribution in [0.3, 0.4) is 0 Å². The van der Waals surface area contributed by atoms with E-state index in [1.165, 1.54) is 11.3 Å². The van der Waals surface area contributed by atoms with Crippen LogP contribution >= 0.6 is 11.3 Å². The molecular weight excluding hydrogens is 234 g/mol. The summed E-state index contributed by atoms with van der Waals surface area (Å²) in [5.74, 6) is -0.817. The number of aryl methyl sites for hydroxylation is 2. The van der Waals surface area contributed by atoms with Gasteiger partial charge in [-0.2, -0.15) is 0 Å². The minimum Gasteiger partial charge on any atom is -0.481 e. The van der Waals surface area contributed by atoms with Crippen molar-refractivity contribution < 1.29 is 9.90 Å². The van der Waals surface area contributed by atoms with E-state index in [4.69, 9.17) is 5.11 Å². The van der Waals surface area contributed by atoms with E-state index in [0.29, 0.717) is 0 Å². The highest BCUT2D eigenvalue weighted by Gasteiger charge is 2.13. The number of carboxylic acids is 1. The Morgan fingerprint density at radius 3 is 2.82 bits per heavy atom. The molecule has 17 heavy (non-hydrogen) atoms. The van der Waals surface area contributed by atoms with Gasteiger partial charge in [-0.1, -0.05) is 23.8 Å². The van der Waals surface area contributed by atoms with E-state index in [2.05, 4.69) is 4.98 Å². The van der Waals surface area contributed by atoms with Gasteiger partial charge in [-0.25, -0.2) is 4.98 Å². The maximum absolute atomic E-state index is 10.8. The van der Waals surface area contributed by atoms with E-state index in [1.54, 1.807) is 0 Å². The molecule has 0 aliphatic carbocycles. The van der Waals surface area contributed by atoms with Crippen LogP contribution in [-0.4, -0.2) is 16.1 Å². The van der Waals surface area contributed by atoms with Crippen LogP contribution in [0.1, 0.15) is 15.4 Å². The summed E-state index contributed by atoms with van der Waals surface area (Å²) in [5, 5.41) is 9.78. The number of aromatic nitrogens is 1. The van der Waals surface area contributed by atoms with Crippen LogP contribution in [0.2, 0.25) is 0 Å². The lowest BCUT2D eigenvalue weighted by Gasteiger charge is -2.01. The van der Waals surface area contributed by atoms with Gasteiger partial charge in [0.1, 0.15) is 0 Å². The third-order valence-electron chi connectivity index (χ3n) is 2.41. The van der Waals surface area contributed by atoms with Crippen LogP contribution in [0, 0.1) is 13.8 Å². The molecule has 0 spiro atoms. The van der Waals surface area contributed by atoms with E-state index in [-0.39, 0.29) is 6.42 Å². The number of rotatable bonds is 3. The highest BCUT2D eigenvalue weighted by Crippen LogP contribution is 2.28. The Morgan fingerprint density at radius 1 is 1.41 bits per heavy atom. The zero-order valence-corrected chi connectivity index (χ0v) is 10.5. The molecule has 1 aromatic carbocycles. The van der Waals surface area contributed by atoms with Crippen LogP contribution < -0.4 is 0 Å². The van der Waals surface area contributed by atoms with Crippen molar-refractivity contribution in [2.75, 3.05) is 0 Å². The Bertz CT molecular complexity index is 560. The number of hydrogen-bond donors (Lipinski definition) is 1. The summed E-state index contributed by atoms with van der Waals surface area (Å²) < 4.78 is 0.